The van der Waals surface area contributed by atoms with Gasteiger partial charge in [0.1, 0.15) is 18.1 Å². The summed E-state index contributed by atoms with van der Waals surface area (Å²) in [5.41, 5.74) is 3.13. The monoisotopic (exact) mass is 344 g/mol. The van der Waals surface area contributed by atoms with Crippen LogP contribution in [-0.2, 0) is 4.79 Å². The Morgan fingerprint density at radius 3 is 2.58 bits per heavy atom. The van der Waals surface area contributed by atoms with Crippen LogP contribution in [-0.4, -0.2) is 25.3 Å². The van der Waals surface area contributed by atoms with Crippen molar-refractivity contribution in [3.8, 4) is 11.5 Å². The van der Waals surface area contributed by atoms with Crippen LogP contribution in [0.3, 0.4) is 0 Å². The van der Waals surface area contributed by atoms with Gasteiger partial charge >= 0.3 is 0 Å². The number of hydrogen-bond donors (Lipinski definition) is 1. The van der Waals surface area contributed by atoms with E-state index in [1.54, 1.807) is 30.3 Å². The van der Waals surface area contributed by atoms with Gasteiger partial charge in [-0.2, -0.15) is 5.10 Å². The van der Waals surface area contributed by atoms with Crippen molar-refractivity contribution in [1.82, 2.24) is 5.43 Å². The van der Waals surface area contributed by atoms with E-state index in [2.05, 4.69) is 17.1 Å². The van der Waals surface area contributed by atoms with Crippen LogP contribution in [0, 0.1) is 0 Å². The molecule has 0 radical (unpaired) electrons. The maximum Gasteiger partial charge on any atom is 0.277 e. The van der Waals surface area contributed by atoms with E-state index in [1.165, 1.54) is 6.21 Å². The van der Waals surface area contributed by atoms with Crippen molar-refractivity contribution >= 4 is 23.7 Å². The molecular weight excluding hydrogens is 328 g/mol. The zero-order valence-electron chi connectivity index (χ0n) is 12.9. The minimum atomic E-state index is -0.393. The molecular formula is C18H17ClN2O3. The zero-order chi connectivity index (χ0) is 17.2. The molecule has 0 fully saturated rings. The number of hydrogen-bond acceptors (Lipinski definition) is 4. The third-order valence-corrected chi connectivity index (χ3v) is 3.18. The van der Waals surface area contributed by atoms with Crippen LogP contribution in [0.1, 0.15) is 5.56 Å². The topological polar surface area (TPSA) is 59.9 Å². The molecule has 0 aliphatic rings. The number of rotatable bonds is 8. The van der Waals surface area contributed by atoms with Gasteiger partial charge < -0.3 is 9.47 Å². The van der Waals surface area contributed by atoms with E-state index in [0.29, 0.717) is 23.1 Å². The number of hydrazone groups is 1. The van der Waals surface area contributed by atoms with Crippen molar-refractivity contribution in [2.24, 2.45) is 5.10 Å². The van der Waals surface area contributed by atoms with Gasteiger partial charge in [-0.3, -0.25) is 4.79 Å². The number of halogens is 1. The third-order valence-electron chi connectivity index (χ3n) is 2.86. The van der Waals surface area contributed by atoms with Gasteiger partial charge in [-0.05, 0) is 24.3 Å². The van der Waals surface area contributed by atoms with Crippen LogP contribution in [0.2, 0.25) is 5.02 Å². The molecule has 0 aliphatic heterocycles. The molecule has 0 aromatic heterocycles. The molecule has 5 nitrogen and oxygen atoms in total. The van der Waals surface area contributed by atoms with Crippen LogP contribution in [0.25, 0.3) is 0 Å². The summed E-state index contributed by atoms with van der Waals surface area (Å²) in [7, 11) is 0. The highest BCUT2D eigenvalue weighted by Gasteiger charge is 2.04. The SMILES string of the molecule is C=CCOc1ccccc1/C=N\NC(=O)COc1ccccc1Cl. The molecule has 1 amide bonds. The number of benzene rings is 2. The Kier molecular flexibility index (Phi) is 6.86. The number of nitrogens with zero attached hydrogens (tertiary/aromatic N) is 1. The molecule has 2 aromatic carbocycles. The first-order valence-corrected chi connectivity index (χ1v) is 7.60. The highest BCUT2D eigenvalue weighted by Crippen LogP contribution is 2.22. The number of carbonyl (C=O) groups is 1. The lowest BCUT2D eigenvalue weighted by molar-refractivity contribution is -0.123. The molecule has 2 rings (SSSR count). The van der Waals surface area contributed by atoms with Gasteiger partial charge in [0.15, 0.2) is 6.61 Å². The quantitative estimate of drug-likeness (QED) is 0.453. The predicted octanol–water partition coefficient (Wildman–Crippen LogP) is 3.43. The second-order valence-electron chi connectivity index (χ2n) is 4.65. The van der Waals surface area contributed by atoms with Crippen LogP contribution in [0.5, 0.6) is 11.5 Å². The average Bonchev–Trinajstić information content (AvgIpc) is 2.60. The number of nitrogens with one attached hydrogen (secondary N) is 1. The second-order valence-corrected chi connectivity index (χ2v) is 5.06. The van der Waals surface area contributed by atoms with Gasteiger partial charge in [0, 0.05) is 5.56 Å². The van der Waals surface area contributed by atoms with Crippen molar-refractivity contribution in [3.05, 3.63) is 71.8 Å². The molecule has 0 unspecified atom stereocenters. The molecule has 0 atom stereocenters. The fraction of sp³-hybridized carbons (Fsp3) is 0.111. The standard InChI is InChI=1S/C18H17ClN2O3/c1-2-11-23-16-9-5-3-7-14(16)12-20-21-18(22)13-24-17-10-6-4-8-15(17)19/h2-10,12H,1,11,13H2,(H,21,22)/b20-12-. The van der Waals surface area contributed by atoms with Gasteiger partial charge in [-0.15, -0.1) is 0 Å². The lowest BCUT2D eigenvalue weighted by Gasteiger charge is -2.07. The normalized spacial score (nSPS) is 10.4. The summed E-state index contributed by atoms with van der Waals surface area (Å²) in [4.78, 5) is 11.7. The molecule has 124 valence electrons. The van der Waals surface area contributed by atoms with Crippen LogP contribution >= 0.6 is 11.6 Å². The molecule has 0 aliphatic carbocycles. The Morgan fingerprint density at radius 2 is 1.83 bits per heavy atom. The number of carbonyl (C=O) groups excluding carboxylic acids is 1. The highest BCUT2D eigenvalue weighted by atomic mass is 35.5. The summed E-state index contributed by atoms with van der Waals surface area (Å²) in [6.07, 6.45) is 3.16. The highest BCUT2D eigenvalue weighted by molar-refractivity contribution is 6.32. The number of para-hydroxylation sites is 2. The Labute approximate surface area is 145 Å². The largest absolute Gasteiger partial charge is 0.489 e. The van der Waals surface area contributed by atoms with E-state index in [-0.39, 0.29) is 6.61 Å². The summed E-state index contributed by atoms with van der Waals surface area (Å²) in [5, 5.41) is 4.35. The maximum absolute atomic E-state index is 11.7. The van der Waals surface area contributed by atoms with Crippen molar-refractivity contribution < 1.29 is 14.3 Å². The Morgan fingerprint density at radius 1 is 1.12 bits per heavy atom. The van der Waals surface area contributed by atoms with Crippen molar-refractivity contribution in [3.63, 3.8) is 0 Å². The molecule has 0 heterocycles. The molecule has 0 bridgehead atoms. The molecule has 6 heteroatoms. The molecule has 0 saturated carbocycles. The average molecular weight is 345 g/mol. The van der Waals surface area contributed by atoms with Gasteiger partial charge in [-0.25, -0.2) is 5.43 Å². The van der Waals surface area contributed by atoms with Crippen LogP contribution in [0.15, 0.2) is 66.3 Å². The predicted molar refractivity (Wildman–Crippen MR) is 94.8 cm³/mol. The van der Waals surface area contributed by atoms with Crippen LogP contribution < -0.4 is 14.9 Å². The van der Waals surface area contributed by atoms with E-state index in [4.69, 9.17) is 21.1 Å². The summed E-state index contributed by atoms with van der Waals surface area (Å²) in [6, 6.07) is 14.3. The summed E-state index contributed by atoms with van der Waals surface area (Å²) >= 11 is 5.94. The fourth-order valence-electron chi connectivity index (χ4n) is 1.78. The van der Waals surface area contributed by atoms with Gasteiger partial charge in [-0.1, -0.05) is 48.5 Å². The first-order chi connectivity index (χ1) is 11.7. The summed E-state index contributed by atoms with van der Waals surface area (Å²) in [6.45, 7) is 3.81. The molecule has 1 N–H and O–H groups in total. The minimum Gasteiger partial charge on any atom is -0.489 e. The zero-order valence-corrected chi connectivity index (χ0v) is 13.7. The smallest absolute Gasteiger partial charge is 0.277 e. The van der Waals surface area contributed by atoms with E-state index in [0.717, 1.165) is 5.56 Å². The Hall–Kier alpha value is -2.79. The maximum atomic E-state index is 11.7. The Balaban J connectivity index is 1.86. The first kappa shape index (κ1) is 17.6. The lowest BCUT2D eigenvalue weighted by Crippen LogP contribution is -2.24. The van der Waals surface area contributed by atoms with Gasteiger partial charge in [0.2, 0.25) is 0 Å². The first-order valence-electron chi connectivity index (χ1n) is 7.22. The van der Waals surface area contributed by atoms with E-state index >= 15 is 0 Å². The molecule has 2 aromatic rings. The van der Waals surface area contributed by atoms with E-state index in [9.17, 15) is 4.79 Å². The van der Waals surface area contributed by atoms with Crippen LogP contribution in [0.4, 0.5) is 0 Å². The summed E-state index contributed by atoms with van der Waals surface area (Å²) in [5.74, 6) is 0.708. The molecule has 0 spiro atoms. The number of amides is 1. The van der Waals surface area contributed by atoms with Crippen molar-refractivity contribution in [2.45, 2.75) is 0 Å². The minimum absolute atomic E-state index is 0.185. The lowest BCUT2D eigenvalue weighted by atomic mass is 10.2. The molecule has 24 heavy (non-hydrogen) atoms. The van der Waals surface area contributed by atoms with Crippen molar-refractivity contribution in [2.75, 3.05) is 13.2 Å². The van der Waals surface area contributed by atoms with Gasteiger partial charge in [0.05, 0.1) is 11.2 Å². The van der Waals surface area contributed by atoms with E-state index in [1.807, 2.05) is 24.3 Å². The molecule has 0 saturated heterocycles. The Bertz CT molecular complexity index is 732. The van der Waals surface area contributed by atoms with Gasteiger partial charge in [0.25, 0.3) is 5.91 Å². The summed E-state index contributed by atoms with van der Waals surface area (Å²) < 4.78 is 10.8. The van der Waals surface area contributed by atoms with E-state index < -0.39 is 5.91 Å². The second kappa shape index (κ2) is 9.37. The number of ether oxygens (including phenoxy) is 2. The fourth-order valence-corrected chi connectivity index (χ4v) is 1.97. The third kappa shape index (κ3) is 5.44. The van der Waals surface area contributed by atoms with Crippen molar-refractivity contribution in [1.29, 1.82) is 0 Å².